The van der Waals surface area contributed by atoms with E-state index in [4.69, 9.17) is 4.74 Å². The monoisotopic (exact) mass is 451 g/mol. The number of fused-ring (bicyclic) bond motifs is 5. The first kappa shape index (κ1) is 23.4. The van der Waals surface area contributed by atoms with Gasteiger partial charge in [-0.2, -0.15) is 10.4 Å². The summed E-state index contributed by atoms with van der Waals surface area (Å²) in [6.45, 7) is 12.1. The molecular formula is C29H45N3O. The lowest BCUT2D eigenvalue weighted by molar-refractivity contribution is -0.117. The third kappa shape index (κ3) is 3.87. The van der Waals surface area contributed by atoms with E-state index < -0.39 is 0 Å². The average Bonchev–Trinajstić information content (AvgIpc) is 3.36. The van der Waals surface area contributed by atoms with E-state index in [1.807, 2.05) is 18.0 Å². The van der Waals surface area contributed by atoms with E-state index >= 15 is 0 Å². The summed E-state index contributed by atoms with van der Waals surface area (Å²) in [6.07, 6.45) is 16.4. The van der Waals surface area contributed by atoms with Crippen LogP contribution in [0.15, 0.2) is 12.4 Å². The molecule has 33 heavy (non-hydrogen) atoms. The molecule has 8 atom stereocenters. The van der Waals surface area contributed by atoms with Crippen molar-refractivity contribution in [2.45, 2.75) is 92.0 Å². The van der Waals surface area contributed by atoms with Crippen LogP contribution in [0.1, 0.15) is 91.0 Å². The van der Waals surface area contributed by atoms with E-state index in [0.717, 1.165) is 48.7 Å². The van der Waals surface area contributed by atoms with Gasteiger partial charge in [0.25, 0.3) is 0 Å². The van der Waals surface area contributed by atoms with Gasteiger partial charge < -0.3 is 4.74 Å². The number of methoxy groups -OCH3 is 1. The predicted molar refractivity (Wildman–Crippen MR) is 131 cm³/mol. The molecular weight excluding hydrogens is 406 g/mol. The van der Waals surface area contributed by atoms with Gasteiger partial charge in [-0.3, -0.25) is 4.68 Å². The molecule has 0 spiro atoms. The van der Waals surface area contributed by atoms with Crippen molar-refractivity contribution in [3.63, 3.8) is 0 Å². The molecule has 182 valence electrons. The Kier molecular flexibility index (Phi) is 5.96. The largest absolute Gasteiger partial charge is 0.384 e. The van der Waals surface area contributed by atoms with Crippen LogP contribution in [0.3, 0.4) is 0 Å². The molecule has 1 aromatic heterocycles. The third-order valence-corrected chi connectivity index (χ3v) is 11.3. The van der Waals surface area contributed by atoms with Crippen LogP contribution in [0.2, 0.25) is 0 Å². The van der Waals surface area contributed by atoms with E-state index in [1.54, 1.807) is 6.20 Å². The minimum Gasteiger partial charge on any atom is -0.384 e. The summed E-state index contributed by atoms with van der Waals surface area (Å²) < 4.78 is 7.57. The minimum atomic E-state index is 0.191. The van der Waals surface area contributed by atoms with Crippen LogP contribution < -0.4 is 0 Å². The zero-order valence-electron chi connectivity index (χ0n) is 21.6. The highest BCUT2D eigenvalue weighted by Gasteiger charge is 2.61. The molecule has 0 N–H and O–H groups in total. The van der Waals surface area contributed by atoms with Crippen LogP contribution in [0, 0.1) is 63.1 Å². The molecule has 0 radical (unpaired) electrons. The Hall–Kier alpha value is -1.34. The second-order valence-corrected chi connectivity index (χ2v) is 13.5. The summed E-state index contributed by atoms with van der Waals surface area (Å²) in [6, 6.07) is 2.23. The molecule has 4 aliphatic rings. The molecule has 0 amide bonds. The summed E-state index contributed by atoms with van der Waals surface area (Å²) in [4.78, 5) is 0. The number of nitrogens with zero attached hydrogens (tertiary/aromatic N) is 3. The number of hydrogen-bond acceptors (Lipinski definition) is 3. The minimum absolute atomic E-state index is 0.191. The molecule has 4 nitrogen and oxygen atoms in total. The lowest BCUT2D eigenvalue weighted by Gasteiger charge is -2.60. The maximum Gasteiger partial charge on any atom is 0.102 e. The molecule has 0 aromatic carbocycles. The lowest BCUT2D eigenvalue weighted by Crippen LogP contribution is -2.53. The van der Waals surface area contributed by atoms with Crippen LogP contribution in [0.25, 0.3) is 0 Å². The maximum absolute atomic E-state index is 9.20. The van der Waals surface area contributed by atoms with Crippen LogP contribution in [-0.4, -0.2) is 23.5 Å². The van der Waals surface area contributed by atoms with E-state index in [-0.39, 0.29) is 5.41 Å². The van der Waals surface area contributed by atoms with Crippen molar-refractivity contribution >= 4 is 0 Å². The van der Waals surface area contributed by atoms with E-state index in [2.05, 4.69) is 38.9 Å². The van der Waals surface area contributed by atoms with Crippen LogP contribution in [-0.2, 0) is 11.3 Å². The molecule has 2 unspecified atom stereocenters. The summed E-state index contributed by atoms with van der Waals surface area (Å²) in [5.74, 6) is 5.25. The van der Waals surface area contributed by atoms with Gasteiger partial charge in [0.15, 0.2) is 0 Å². The summed E-state index contributed by atoms with van der Waals surface area (Å²) in [5.41, 5.74) is 1.87. The van der Waals surface area contributed by atoms with Crippen molar-refractivity contribution in [2.75, 3.05) is 13.7 Å². The molecule has 1 aromatic rings. The van der Waals surface area contributed by atoms with Crippen molar-refractivity contribution in [1.82, 2.24) is 9.78 Å². The van der Waals surface area contributed by atoms with Crippen LogP contribution in [0.5, 0.6) is 0 Å². The highest BCUT2D eigenvalue weighted by atomic mass is 16.5. The van der Waals surface area contributed by atoms with Gasteiger partial charge in [-0.15, -0.1) is 0 Å². The van der Waals surface area contributed by atoms with E-state index in [0.29, 0.717) is 16.4 Å². The zero-order valence-corrected chi connectivity index (χ0v) is 21.6. The van der Waals surface area contributed by atoms with Gasteiger partial charge in [-0.1, -0.05) is 27.7 Å². The van der Waals surface area contributed by atoms with Gasteiger partial charge in [0.1, 0.15) is 6.07 Å². The van der Waals surface area contributed by atoms with Gasteiger partial charge in [-0.05, 0) is 110 Å². The molecule has 4 heteroatoms. The number of hydrogen-bond donors (Lipinski definition) is 0. The molecule has 5 rings (SSSR count). The normalized spacial score (nSPS) is 42.8. The Morgan fingerprint density at radius 1 is 1.09 bits per heavy atom. The summed E-state index contributed by atoms with van der Waals surface area (Å²) >= 11 is 0. The lowest BCUT2D eigenvalue weighted by atomic mass is 9.45. The standard InChI is InChI=1S/C29H45N3O/c1-27(2,19-32-17-21(15-30)16-31-32)26-9-8-25-23-10-12-28(3)14-20(18-33-5)6-7-24(28)22(23)11-13-29(25,26)4/h16-17,20,22-26H,6-14,18-19H2,1-5H3/t20-,22?,23+,24+,25?,26+,28+,29-/m0/s1. The number of rotatable bonds is 5. The van der Waals surface area contributed by atoms with Crippen molar-refractivity contribution in [1.29, 1.82) is 5.26 Å². The Morgan fingerprint density at radius 3 is 2.55 bits per heavy atom. The molecule has 0 saturated heterocycles. The first-order valence-corrected chi connectivity index (χ1v) is 13.6. The fraction of sp³-hybridized carbons (Fsp3) is 0.862. The fourth-order valence-electron chi connectivity index (χ4n) is 10.1. The van der Waals surface area contributed by atoms with E-state index in [1.165, 1.54) is 57.8 Å². The highest BCUT2D eigenvalue weighted by molar-refractivity contribution is 5.21. The Morgan fingerprint density at radius 2 is 1.82 bits per heavy atom. The van der Waals surface area contributed by atoms with Gasteiger partial charge in [0.05, 0.1) is 11.8 Å². The second kappa shape index (κ2) is 8.40. The number of ether oxygens (including phenoxy) is 1. The first-order chi connectivity index (χ1) is 15.7. The molecule has 4 fully saturated rings. The van der Waals surface area contributed by atoms with Crippen molar-refractivity contribution in [3.8, 4) is 6.07 Å². The predicted octanol–water partition coefficient (Wildman–Crippen LogP) is 6.70. The SMILES string of the molecule is COC[C@H]1CC[C@@H]2C3CC[C@@]4(C)C(CC[C@@H]4C(C)(C)Cn4cc(C#N)cn4)[C@@H]3CC[C@]2(C)C1. The van der Waals surface area contributed by atoms with Gasteiger partial charge in [0.2, 0.25) is 0 Å². The fourth-order valence-corrected chi connectivity index (χ4v) is 10.1. The Bertz CT molecular complexity index is 899. The van der Waals surface area contributed by atoms with Crippen LogP contribution >= 0.6 is 0 Å². The van der Waals surface area contributed by atoms with Gasteiger partial charge in [-0.25, -0.2) is 0 Å². The average molecular weight is 452 g/mol. The van der Waals surface area contributed by atoms with Crippen molar-refractivity contribution in [3.05, 3.63) is 18.0 Å². The topological polar surface area (TPSA) is 50.8 Å². The Labute approximate surface area is 201 Å². The van der Waals surface area contributed by atoms with Gasteiger partial charge in [0, 0.05) is 26.5 Å². The number of aromatic nitrogens is 2. The molecule has 0 bridgehead atoms. The van der Waals surface area contributed by atoms with Crippen molar-refractivity contribution < 1.29 is 4.74 Å². The molecule has 0 aliphatic heterocycles. The maximum atomic E-state index is 9.20. The smallest absolute Gasteiger partial charge is 0.102 e. The summed E-state index contributed by atoms with van der Waals surface area (Å²) in [7, 11) is 1.88. The summed E-state index contributed by atoms with van der Waals surface area (Å²) in [5, 5.41) is 13.7. The van der Waals surface area contributed by atoms with Crippen LogP contribution in [0.4, 0.5) is 0 Å². The first-order valence-electron chi connectivity index (χ1n) is 13.6. The third-order valence-electron chi connectivity index (χ3n) is 11.3. The van der Waals surface area contributed by atoms with Crippen molar-refractivity contribution in [2.24, 2.45) is 51.8 Å². The quantitative estimate of drug-likeness (QED) is 0.500. The highest BCUT2D eigenvalue weighted by Crippen LogP contribution is 2.68. The molecule has 4 aliphatic carbocycles. The van der Waals surface area contributed by atoms with Gasteiger partial charge >= 0.3 is 0 Å². The number of nitriles is 1. The molecule has 4 saturated carbocycles. The second-order valence-electron chi connectivity index (χ2n) is 13.5. The molecule has 1 heterocycles. The van der Waals surface area contributed by atoms with E-state index in [9.17, 15) is 5.26 Å². The zero-order chi connectivity index (χ0) is 23.4. The Balaban J connectivity index is 1.32.